The average molecular weight is 343 g/mol. The van der Waals surface area contributed by atoms with Crippen molar-refractivity contribution in [3.05, 3.63) is 23.3 Å². The van der Waals surface area contributed by atoms with Crippen molar-refractivity contribution in [1.29, 1.82) is 0 Å². The minimum absolute atomic E-state index is 0.0271. The second-order valence-corrected chi connectivity index (χ2v) is 8.64. The average Bonchev–Trinajstić information content (AvgIpc) is 3.31. The molecule has 5 nitrogen and oxygen atoms in total. The van der Waals surface area contributed by atoms with Crippen molar-refractivity contribution in [2.24, 2.45) is 5.92 Å². The molecule has 2 fully saturated rings. The number of phenols is 1. The lowest BCUT2D eigenvalue weighted by atomic mass is 9.52. The van der Waals surface area contributed by atoms with Gasteiger partial charge in [0.2, 0.25) is 0 Å². The fourth-order valence-electron chi connectivity index (χ4n) is 5.62. The number of Topliss-reactive ketones (excluding diaryl/α,β-unsaturated/α-hetero) is 1. The van der Waals surface area contributed by atoms with E-state index < -0.39 is 17.1 Å². The summed E-state index contributed by atoms with van der Waals surface area (Å²) in [4.78, 5) is 14.9. The van der Waals surface area contributed by atoms with Gasteiger partial charge in [0, 0.05) is 24.6 Å². The van der Waals surface area contributed by atoms with E-state index in [9.17, 15) is 15.0 Å². The van der Waals surface area contributed by atoms with Crippen LogP contribution in [0.5, 0.6) is 11.5 Å². The minimum Gasteiger partial charge on any atom is -0.504 e. The van der Waals surface area contributed by atoms with E-state index in [-0.39, 0.29) is 17.6 Å². The van der Waals surface area contributed by atoms with Gasteiger partial charge in [-0.3, -0.25) is 9.69 Å². The van der Waals surface area contributed by atoms with Crippen LogP contribution < -0.4 is 4.74 Å². The molecule has 5 heteroatoms. The van der Waals surface area contributed by atoms with Crippen LogP contribution >= 0.6 is 0 Å². The van der Waals surface area contributed by atoms with Gasteiger partial charge in [-0.15, -0.1) is 0 Å². The van der Waals surface area contributed by atoms with E-state index in [4.69, 9.17) is 4.74 Å². The van der Waals surface area contributed by atoms with Crippen LogP contribution in [0.3, 0.4) is 0 Å². The number of nitrogens with zero attached hydrogens (tertiary/aromatic N) is 1. The van der Waals surface area contributed by atoms with Gasteiger partial charge in [-0.2, -0.15) is 0 Å². The molecule has 25 heavy (non-hydrogen) atoms. The van der Waals surface area contributed by atoms with Crippen LogP contribution in [0.2, 0.25) is 0 Å². The molecule has 0 aromatic heterocycles. The highest BCUT2D eigenvalue weighted by atomic mass is 16.5. The molecule has 2 saturated carbocycles. The van der Waals surface area contributed by atoms with E-state index in [2.05, 4.69) is 11.9 Å². The van der Waals surface area contributed by atoms with Crippen LogP contribution in [0.25, 0.3) is 0 Å². The van der Waals surface area contributed by atoms with E-state index in [0.29, 0.717) is 18.6 Å². The molecule has 3 aliphatic carbocycles. The summed E-state index contributed by atoms with van der Waals surface area (Å²) in [5.41, 5.74) is 0.113. The number of hydrogen-bond acceptors (Lipinski definition) is 5. The van der Waals surface area contributed by atoms with Gasteiger partial charge in [-0.05, 0) is 57.2 Å². The Morgan fingerprint density at radius 3 is 2.84 bits per heavy atom. The molecule has 1 aromatic carbocycles. The van der Waals surface area contributed by atoms with Gasteiger partial charge in [0.1, 0.15) is 0 Å². The Morgan fingerprint density at radius 2 is 2.12 bits per heavy atom. The van der Waals surface area contributed by atoms with Crippen molar-refractivity contribution in [1.82, 2.24) is 4.90 Å². The third-order valence-electron chi connectivity index (χ3n) is 7.19. The number of carbonyl (C=O) groups is 1. The third kappa shape index (κ3) is 1.83. The Morgan fingerprint density at radius 1 is 1.36 bits per heavy atom. The fourth-order valence-corrected chi connectivity index (χ4v) is 5.62. The summed E-state index contributed by atoms with van der Waals surface area (Å²) in [7, 11) is 2.10. The van der Waals surface area contributed by atoms with Crippen molar-refractivity contribution in [2.75, 3.05) is 13.6 Å². The molecule has 4 aliphatic rings. The molecule has 134 valence electrons. The van der Waals surface area contributed by atoms with Crippen molar-refractivity contribution in [3.63, 3.8) is 0 Å². The Hall–Kier alpha value is -1.59. The number of carbonyl (C=O) groups excluding carboxylic acids is 1. The van der Waals surface area contributed by atoms with E-state index in [1.807, 2.05) is 13.0 Å². The van der Waals surface area contributed by atoms with Gasteiger partial charge in [0.25, 0.3) is 0 Å². The number of ether oxygens (including phenoxy) is 1. The highest BCUT2D eigenvalue weighted by molar-refractivity contribution is 5.89. The molecule has 1 aromatic rings. The zero-order chi connectivity index (χ0) is 17.6. The largest absolute Gasteiger partial charge is 0.504 e. The van der Waals surface area contributed by atoms with E-state index >= 15 is 0 Å². The predicted octanol–water partition coefficient (Wildman–Crippen LogP) is 1.77. The minimum atomic E-state index is -1.03. The van der Waals surface area contributed by atoms with Crippen molar-refractivity contribution in [3.8, 4) is 11.5 Å². The number of rotatable bonds is 3. The zero-order valence-electron chi connectivity index (χ0n) is 14.8. The summed E-state index contributed by atoms with van der Waals surface area (Å²) in [5, 5.41) is 22.2. The molecule has 0 spiro atoms. The van der Waals surface area contributed by atoms with E-state index in [1.165, 1.54) is 12.8 Å². The first-order valence-electron chi connectivity index (χ1n) is 9.33. The maximum atomic E-state index is 12.6. The second kappa shape index (κ2) is 4.77. The Balaban J connectivity index is 1.68. The van der Waals surface area contributed by atoms with Gasteiger partial charge in [-0.25, -0.2) is 0 Å². The SMILES string of the molecule is CN(CC1CC1)C1Cc2ccc(O)c3c2[C@@]2(C)[C@@H](O3)C(=O)CC[C@@]12O. The number of benzene rings is 1. The summed E-state index contributed by atoms with van der Waals surface area (Å²) in [6.45, 7) is 2.95. The highest BCUT2D eigenvalue weighted by Crippen LogP contribution is 2.61. The monoisotopic (exact) mass is 343 g/mol. The first kappa shape index (κ1) is 15.6. The van der Waals surface area contributed by atoms with Crippen LogP contribution in [-0.2, 0) is 16.6 Å². The zero-order valence-corrected chi connectivity index (χ0v) is 14.8. The number of hydrogen-bond donors (Lipinski definition) is 2. The lowest BCUT2D eigenvalue weighted by Gasteiger charge is -2.57. The van der Waals surface area contributed by atoms with Gasteiger partial charge in [0.15, 0.2) is 23.4 Å². The van der Waals surface area contributed by atoms with Crippen LogP contribution in [-0.4, -0.2) is 52.2 Å². The van der Waals surface area contributed by atoms with Crippen LogP contribution in [0, 0.1) is 5.92 Å². The standard InChI is InChI=1S/C20H25NO4/c1-19-16-12-5-6-13(22)17(16)25-18(19)14(23)7-8-20(19,24)15(9-12)21(2)10-11-3-4-11/h5-6,11,15,18,22,24H,3-4,7-10H2,1-2H3/t15?,18-,19-,20+/m0/s1. The number of likely N-dealkylation sites (N-methyl/N-ethyl adjacent to an activating group) is 1. The molecule has 1 aliphatic heterocycles. The summed E-state index contributed by atoms with van der Waals surface area (Å²) in [6, 6.07) is 3.55. The summed E-state index contributed by atoms with van der Waals surface area (Å²) < 4.78 is 5.96. The first-order valence-corrected chi connectivity index (χ1v) is 9.33. The molecule has 0 radical (unpaired) electrons. The van der Waals surface area contributed by atoms with Crippen molar-refractivity contribution >= 4 is 5.78 Å². The number of aromatic hydroxyl groups is 1. The lowest BCUT2D eigenvalue weighted by Crippen LogP contribution is -2.71. The predicted molar refractivity (Wildman–Crippen MR) is 91.9 cm³/mol. The first-order chi connectivity index (χ1) is 11.9. The molecule has 0 bridgehead atoms. The molecular formula is C20H25NO4. The van der Waals surface area contributed by atoms with Crippen molar-refractivity contribution < 1.29 is 19.7 Å². The maximum Gasteiger partial charge on any atom is 0.174 e. The maximum absolute atomic E-state index is 12.6. The normalized spacial score (nSPS) is 38.6. The third-order valence-corrected chi connectivity index (χ3v) is 7.19. The quantitative estimate of drug-likeness (QED) is 0.875. The van der Waals surface area contributed by atoms with Crippen LogP contribution in [0.1, 0.15) is 43.7 Å². The molecule has 4 atom stereocenters. The van der Waals surface area contributed by atoms with E-state index in [0.717, 1.165) is 30.0 Å². The van der Waals surface area contributed by atoms with Crippen molar-refractivity contribution in [2.45, 2.75) is 62.2 Å². The van der Waals surface area contributed by atoms with Crippen LogP contribution in [0.15, 0.2) is 12.1 Å². The summed E-state index contributed by atoms with van der Waals surface area (Å²) in [5.74, 6) is 1.23. The molecule has 1 unspecified atom stereocenters. The van der Waals surface area contributed by atoms with Crippen LogP contribution in [0.4, 0.5) is 0 Å². The Labute approximate surface area is 147 Å². The molecule has 2 N–H and O–H groups in total. The highest BCUT2D eigenvalue weighted by Gasteiger charge is 2.69. The molecule has 1 heterocycles. The number of phenolic OH excluding ortho intramolecular Hbond substituents is 1. The van der Waals surface area contributed by atoms with Gasteiger partial charge in [0.05, 0.1) is 11.0 Å². The van der Waals surface area contributed by atoms with Gasteiger partial charge >= 0.3 is 0 Å². The fraction of sp³-hybridized carbons (Fsp3) is 0.650. The molecule has 0 amide bonds. The van der Waals surface area contributed by atoms with E-state index in [1.54, 1.807) is 6.07 Å². The summed E-state index contributed by atoms with van der Waals surface area (Å²) >= 11 is 0. The molecular weight excluding hydrogens is 318 g/mol. The van der Waals surface area contributed by atoms with Gasteiger partial charge in [-0.1, -0.05) is 6.07 Å². The second-order valence-electron chi connectivity index (χ2n) is 8.64. The topological polar surface area (TPSA) is 70.0 Å². The lowest BCUT2D eigenvalue weighted by molar-refractivity contribution is -0.164. The number of aliphatic hydroxyl groups is 1. The number of ketones is 1. The molecule has 5 rings (SSSR count). The van der Waals surface area contributed by atoms with Gasteiger partial charge < -0.3 is 14.9 Å². The molecule has 0 saturated heterocycles. The summed E-state index contributed by atoms with van der Waals surface area (Å²) in [6.07, 6.45) is 3.34. The Kier molecular flexibility index (Phi) is 2.99. The Bertz CT molecular complexity index is 773. The smallest absolute Gasteiger partial charge is 0.174 e.